The Morgan fingerprint density at radius 1 is 1.40 bits per heavy atom. The van der Waals surface area contributed by atoms with Gasteiger partial charge in [-0.15, -0.1) is 0 Å². The predicted molar refractivity (Wildman–Crippen MR) is 62.8 cm³/mol. The lowest BCUT2D eigenvalue weighted by molar-refractivity contribution is 0.141. The molecular formula is C11H26N2O2. The Bertz CT molecular complexity index is 145. The van der Waals surface area contributed by atoms with E-state index in [9.17, 15) is 0 Å². The Labute approximate surface area is 93.2 Å². The van der Waals surface area contributed by atoms with Crippen molar-refractivity contribution in [3.05, 3.63) is 0 Å². The molecule has 0 fully saturated rings. The third kappa shape index (κ3) is 6.84. The summed E-state index contributed by atoms with van der Waals surface area (Å²) in [7, 11) is 1.71. The van der Waals surface area contributed by atoms with Crippen molar-refractivity contribution in [3.63, 3.8) is 0 Å². The van der Waals surface area contributed by atoms with Crippen molar-refractivity contribution in [2.45, 2.75) is 38.8 Å². The van der Waals surface area contributed by atoms with E-state index in [4.69, 9.17) is 15.6 Å². The molecule has 0 aliphatic carbocycles. The topological polar surface area (TPSA) is 67.5 Å². The number of aliphatic hydroxyl groups excluding tert-OH is 1. The van der Waals surface area contributed by atoms with Gasteiger partial charge in [0.25, 0.3) is 0 Å². The number of aliphatic hydroxyl groups is 1. The van der Waals surface area contributed by atoms with Gasteiger partial charge in [0.15, 0.2) is 0 Å². The van der Waals surface area contributed by atoms with Gasteiger partial charge in [-0.05, 0) is 32.2 Å². The molecule has 15 heavy (non-hydrogen) atoms. The fraction of sp³-hybridized carbons (Fsp3) is 1.00. The van der Waals surface area contributed by atoms with Crippen molar-refractivity contribution >= 4 is 0 Å². The van der Waals surface area contributed by atoms with Crippen molar-refractivity contribution in [2.75, 3.05) is 26.9 Å². The van der Waals surface area contributed by atoms with Crippen molar-refractivity contribution in [1.82, 2.24) is 5.32 Å². The summed E-state index contributed by atoms with van der Waals surface area (Å²) in [5, 5.41) is 12.5. The van der Waals surface area contributed by atoms with Crippen molar-refractivity contribution in [2.24, 2.45) is 11.7 Å². The Kier molecular flexibility index (Phi) is 9.00. The van der Waals surface area contributed by atoms with Crippen molar-refractivity contribution in [3.8, 4) is 0 Å². The van der Waals surface area contributed by atoms with E-state index in [1.54, 1.807) is 7.11 Å². The van der Waals surface area contributed by atoms with Crippen LogP contribution in [-0.4, -0.2) is 44.1 Å². The SMILES string of the molecule is COCC(CCCN)NC(C)C(C)CO. The fourth-order valence-electron chi connectivity index (χ4n) is 1.47. The Morgan fingerprint density at radius 3 is 2.53 bits per heavy atom. The number of nitrogens with two attached hydrogens (primary N) is 1. The maximum absolute atomic E-state index is 9.03. The molecule has 0 radical (unpaired) electrons. The van der Waals surface area contributed by atoms with Gasteiger partial charge in [-0.25, -0.2) is 0 Å². The second kappa shape index (κ2) is 9.09. The Morgan fingerprint density at radius 2 is 2.07 bits per heavy atom. The van der Waals surface area contributed by atoms with Gasteiger partial charge in [-0.3, -0.25) is 0 Å². The van der Waals surface area contributed by atoms with Gasteiger partial charge in [0.1, 0.15) is 0 Å². The predicted octanol–water partition coefficient (Wildman–Crippen LogP) is 0.347. The molecular weight excluding hydrogens is 192 g/mol. The third-order valence-electron chi connectivity index (χ3n) is 2.76. The van der Waals surface area contributed by atoms with Crippen LogP contribution in [0.2, 0.25) is 0 Å². The number of hydrogen-bond donors (Lipinski definition) is 3. The van der Waals surface area contributed by atoms with Crippen LogP contribution in [0.1, 0.15) is 26.7 Å². The summed E-state index contributed by atoms with van der Waals surface area (Å²) >= 11 is 0. The highest BCUT2D eigenvalue weighted by atomic mass is 16.5. The minimum Gasteiger partial charge on any atom is -0.396 e. The van der Waals surface area contributed by atoms with E-state index in [1.807, 2.05) is 6.92 Å². The molecule has 0 bridgehead atoms. The molecule has 0 aliphatic heterocycles. The second-order valence-electron chi connectivity index (χ2n) is 4.20. The van der Waals surface area contributed by atoms with Crippen LogP contribution in [0.3, 0.4) is 0 Å². The van der Waals surface area contributed by atoms with E-state index >= 15 is 0 Å². The number of methoxy groups -OCH3 is 1. The quantitative estimate of drug-likeness (QED) is 0.522. The normalized spacial score (nSPS) is 17.4. The first-order valence-corrected chi connectivity index (χ1v) is 5.71. The van der Waals surface area contributed by atoms with E-state index in [1.165, 1.54) is 0 Å². The molecule has 92 valence electrons. The largest absolute Gasteiger partial charge is 0.396 e. The first-order valence-electron chi connectivity index (χ1n) is 5.71. The van der Waals surface area contributed by atoms with Gasteiger partial charge in [0, 0.05) is 25.8 Å². The van der Waals surface area contributed by atoms with E-state index in [0.29, 0.717) is 25.2 Å². The summed E-state index contributed by atoms with van der Waals surface area (Å²) in [6.07, 6.45) is 2.02. The highest BCUT2D eigenvalue weighted by Crippen LogP contribution is 2.05. The maximum Gasteiger partial charge on any atom is 0.0615 e. The molecule has 3 unspecified atom stereocenters. The number of rotatable bonds is 9. The number of hydrogen-bond acceptors (Lipinski definition) is 4. The maximum atomic E-state index is 9.03. The highest BCUT2D eigenvalue weighted by Gasteiger charge is 2.15. The zero-order valence-electron chi connectivity index (χ0n) is 10.2. The van der Waals surface area contributed by atoms with E-state index in [-0.39, 0.29) is 12.5 Å². The van der Waals surface area contributed by atoms with Crippen LogP contribution < -0.4 is 11.1 Å². The summed E-state index contributed by atoms with van der Waals surface area (Å²) in [5.41, 5.74) is 5.48. The molecule has 0 aromatic rings. The van der Waals surface area contributed by atoms with E-state index in [0.717, 1.165) is 12.8 Å². The second-order valence-corrected chi connectivity index (χ2v) is 4.20. The van der Waals surface area contributed by atoms with Gasteiger partial charge in [0.2, 0.25) is 0 Å². The summed E-state index contributed by atoms with van der Waals surface area (Å²) < 4.78 is 5.15. The summed E-state index contributed by atoms with van der Waals surface area (Å²) in [4.78, 5) is 0. The number of nitrogens with one attached hydrogen (secondary N) is 1. The molecule has 0 saturated carbocycles. The fourth-order valence-corrected chi connectivity index (χ4v) is 1.47. The minimum atomic E-state index is 0.213. The lowest BCUT2D eigenvalue weighted by Gasteiger charge is -2.26. The van der Waals surface area contributed by atoms with Crippen LogP contribution in [0.25, 0.3) is 0 Å². The first-order chi connectivity index (χ1) is 7.15. The monoisotopic (exact) mass is 218 g/mol. The van der Waals surface area contributed by atoms with Crippen LogP contribution in [0.5, 0.6) is 0 Å². The summed E-state index contributed by atoms with van der Waals surface area (Å²) in [6.45, 7) is 5.75. The molecule has 4 heteroatoms. The van der Waals surface area contributed by atoms with E-state index in [2.05, 4.69) is 12.2 Å². The van der Waals surface area contributed by atoms with Gasteiger partial charge < -0.3 is 20.9 Å². The molecule has 0 aliphatic rings. The molecule has 0 heterocycles. The average Bonchev–Trinajstić information content (AvgIpc) is 2.24. The van der Waals surface area contributed by atoms with Crippen LogP contribution in [-0.2, 0) is 4.74 Å². The molecule has 3 atom stereocenters. The van der Waals surface area contributed by atoms with Gasteiger partial charge >= 0.3 is 0 Å². The van der Waals surface area contributed by atoms with Crippen LogP contribution in [0.15, 0.2) is 0 Å². The smallest absolute Gasteiger partial charge is 0.0615 e. The zero-order valence-corrected chi connectivity index (χ0v) is 10.2. The molecule has 4 nitrogen and oxygen atoms in total. The zero-order chi connectivity index (χ0) is 11.7. The molecule has 0 amide bonds. The summed E-state index contributed by atoms with van der Waals surface area (Å²) in [5.74, 6) is 0.266. The van der Waals surface area contributed by atoms with Crippen LogP contribution in [0, 0.1) is 5.92 Å². The molecule has 0 spiro atoms. The molecule has 0 aromatic heterocycles. The Hall–Kier alpha value is -0.160. The minimum absolute atomic E-state index is 0.213. The standard InChI is InChI=1S/C11H26N2O2/c1-9(7-14)10(2)13-11(8-15-3)5-4-6-12/h9-11,13-14H,4-8,12H2,1-3H3. The van der Waals surface area contributed by atoms with Crippen molar-refractivity contribution < 1.29 is 9.84 Å². The molecule has 0 saturated heterocycles. The Balaban J connectivity index is 3.91. The van der Waals surface area contributed by atoms with Crippen LogP contribution in [0.4, 0.5) is 0 Å². The summed E-state index contributed by atoms with van der Waals surface area (Å²) in [6, 6.07) is 0.635. The molecule has 4 N–H and O–H groups in total. The van der Waals surface area contributed by atoms with Crippen LogP contribution >= 0.6 is 0 Å². The van der Waals surface area contributed by atoms with Gasteiger partial charge in [-0.1, -0.05) is 6.92 Å². The lowest BCUT2D eigenvalue weighted by atomic mass is 10.0. The molecule has 0 rings (SSSR count). The first kappa shape index (κ1) is 14.8. The lowest BCUT2D eigenvalue weighted by Crippen LogP contribution is -2.43. The van der Waals surface area contributed by atoms with E-state index < -0.39 is 0 Å². The third-order valence-corrected chi connectivity index (χ3v) is 2.76. The van der Waals surface area contributed by atoms with Gasteiger partial charge in [0.05, 0.1) is 6.61 Å². The average molecular weight is 218 g/mol. The highest BCUT2D eigenvalue weighted by molar-refractivity contribution is 4.74. The molecule has 0 aromatic carbocycles. The van der Waals surface area contributed by atoms with Crippen molar-refractivity contribution in [1.29, 1.82) is 0 Å². The van der Waals surface area contributed by atoms with Gasteiger partial charge in [-0.2, -0.15) is 0 Å². The number of ether oxygens (including phenoxy) is 1.